The third-order valence-electron chi connectivity index (χ3n) is 4.41. The first-order valence-electron chi connectivity index (χ1n) is 9.59. The number of hydrogen-bond donors (Lipinski definition) is 0. The Labute approximate surface area is 176 Å². The van der Waals surface area contributed by atoms with Crippen LogP contribution >= 0.6 is 35.0 Å². The first kappa shape index (κ1) is 22.3. The monoisotopic (exact) mass is 427 g/mol. The zero-order valence-electron chi connectivity index (χ0n) is 16.2. The van der Waals surface area contributed by atoms with Crippen molar-refractivity contribution in [3.05, 3.63) is 38.7 Å². The van der Waals surface area contributed by atoms with Crippen LogP contribution in [0.4, 0.5) is 0 Å². The van der Waals surface area contributed by atoms with Crippen LogP contribution < -0.4 is 0 Å². The normalized spacial score (nSPS) is 14.8. The lowest BCUT2D eigenvalue weighted by Crippen LogP contribution is -2.32. The van der Waals surface area contributed by atoms with Gasteiger partial charge in [-0.3, -0.25) is 14.5 Å². The van der Waals surface area contributed by atoms with Crippen LogP contribution in [0.3, 0.4) is 0 Å². The second-order valence-corrected chi connectivity index (χ2v) is 9.46. The van der Waals surface area contributed by atoms with Crippen molar-refractivity contribution in [3.63, 3.8) is 0 Å². The SMILES string of the molecule is CCCCCCCCN1C(=O)C(SC(C)C)=C(c2ccc(Cl)cc2Cl)C1=O. The predicted molar refractivity (Wildman–Crippen MR) is 116 cm³/mol. The Balaban J connectivity index is 2.20. The third kappa shape index (κ3) is 5.75. The summed E-state index contributed by atoms with van der Waals surface area (Å²) >= 11 is 13.7. The molecule has 6 heteroatoms. The fourth-order valence-corrected chi connectivity index (χ4v) is 4.58. The van der Waals surface area contributed by atoms with Gasteiger partial charge in [-0.05, 0) is 18.6 Å². The van der Waals surface area contributed by atoms with E-state index in [2.05, 4.69) is 6.92 Å². The van der Waals surface area contributed by atoms with E-state index in [9.17, 15) is 9.59 Å². The van der Waals surface area contributed by atoms with Gasteiger partial charge in [0.05, 0.1) is 15.5 Å². The van der Waals surface area contributed by atoms with Crippen molar-refractivity contribution in [3.8, 4) is 0 Å². The highest BCUT2D eigenvalue weighted by Gasteiger charge is 2.39. The Morgan fingerprint density at radius 1 is 1.00 bits per heavy atom. The maximum absolute atomic E-state index is 13.1. The number of carbonyl (C=O) groups excluding carboxylic acids is 2. The lowest BCUT2D eigenvalue weighted by molar-refractivity contribution is -0.136. The van der Waals surface area contributed by atoms with Gasteiger partial charge in [0, 0.05) is 22.4 Å². The van der Waals surface area contributed by atoms with E-state index in [0.717, 1.165) is 19.3 Å². The van der Waals surface area contributed by atoms with Crippen LogP contribution in [0.15, 0.2) is 23.1 Å². The molecule has 1 aromatic rings. The Morgan fingerprint density at radius 2 is 1.67 bits per heavy atom. The Bertz CT molecular complexity index is 731. The number of imide groups is 1. The summed E-state index contributed by atoms with van der Waals surface area (Å²) in [5.74, 6) is -0.450. The van der Waals surface area contributed by atoms with E-state index < -0.39 is 0 Å². The number of benzene rings is 1. The van der Waals surface area contributed by atoms with E-state index in [-0.39, 0.29) is 17.1 Å². The zero-order chi connectivity index (χ0) is 20.0. The molecular formula is C21H27Cl2NO2S. The summed E-state index contributed by atoms with van der Waals surface area (Å²) < 4.78 is 0. The van der Waals surface area contributed by atoms with Crippen LogP contribution in [0.1, 0.15) is 64.9 Å². The average molecular weight is 428 g/mol. The summed E-state index contributed by atoms with van der Waals surface area (Å²) in [4.78, 5) is 27.9. The number of unbranched alkanes of at least 4 members (excludes halogenated alkanes) is 5. The number of carbonyl (C=O) groups is 2. The minimum atomic E-state index is -0.249. The molecule has 1 aromatic carbocycles. The maximum Gasteiger partial charge on any atom is 0.267 e. The third-order valence-corrected chi connectivity index (χ3v) is 6.05. The molecule has 0 atom stereocenters. The molecule has 1 aliphatic rings. The molecule has 0 spiro atoms. The highest BCUT2D eigenvalue weighted by molar-refractivity contribution is 8.04. The molecule has 0 saturated carbocycles. The Hall–Kier alpha value is -0.970. The van der Waals surface area contributed by atoms with Crippen LogP contribution in [0, 0.1) is 0 Å². The van der Waals surface area contributed by atoms with Gasteiger partial charge in [-0.2, -0.15) is 0 Å². The predicted octanol–water partition coefficient (Wildman–Crippen LogP) is 6.58. The van der Waals surface area contributed by atoms with Crippen molar-refractivity contribution in [2.45, 2.75) is 64.5 Å². The first-order valence-corrected chi connectivity index (χ1v) is 11.2. The van der Waals surface area contributed by atoms with Crippen molar-refractivity contribution >= 4 is 52.4 Å². The molecule has 0 fully saturated rings. The van der Waals surface area contributed by atoms with Crippen LogP contribution in [-0.2, 0) is 9.59 Å². The smallest absolute Gasteiger partial charge is 0.267 e. The molecule has 27 heavy (non-hydrogen) atoms. The Morgan fingerprint density at radius 3 is 2.30 bits per heavy atom. The van der Waals surface area contributed by atoms with Crippen LogP contribution in [-0.4, -0.2) is 28.5 Å². The standard InChI is InChI=1S/C21H27Cl2NO2S/c1-4-5-6-7-8-9-12-24-20(25)18(19(21(24)26)27-14(2)3)16-11-10-15(22)13-17(16)23/h10-11,13-14H,4-9,12H2,1-3H3. The summed E-state index contributed by atoms with van der Waals surface area (Å²) in [5.41, 5.74) is 0.986. The fraction of sp³-hybridized carbons (Fsp3) is 0.524. The molecule has 0 saturated heterocycles. The van der Waals surface area contributed by atoms with Gasteiger partial charge in [0.25, 0.3) is 11.8 Å². The summed E-state index contributed by atoms with van der Waals surface area (Å²) in [7, 11) is 0. The second kappa shape index (κ2) is 10.5. The first-order chi connectivity index (χ1) is 12.9. The second-order valence-electron chi connectivity index (χ2n) is 7.02. The van der Waals surface area contributed by atoms with Gasteiger partial charge in [0.1, 0.15) is 0 Å². The molecule has 0 N–H and O–H groups in total. The van der Waals surface area contributed by atoms with Crippen molar-refractivity contribution in [1.82, 2.24) is 4.90 Å². The van der Waals surface area contributed by atoms with Crippen molar-refractivity contribution in [2.75, 3.05) is 6.54 Å². The quantitative estimate of drug-likeness (QED) is 0.312. The van der Waals surface area contributed by atoms with Crippen molar-refractivity contribution in [2.24, 2.45) is 0 Å². The van der Waals surface area contributed by atoms with Gasteiger partial charge < -0.3 is 0 Å². The Kier molecular flexibility index (Phi) is 8.71. The summed E-state index contributed by atoms with van der Waals surface area (Å²) in [6, 6.07) is 5.03. The van der Waals surface area contributed by atoms with E-state index in [4.69, 9.17) is 23.2 Å². The molecule has 0 radical (unpaired) electrons. The molecule has 1 aliphatic heterocycles. The average Bonchev–Trinajstić information content (AvgIpc) is 2.82. The molecule has 0 aliphatic carbocycles. The highest BCUT2D eigenvalue weighted by Crippen LogP contribution is 2.40. The largest absolute Gasteiger partial charge is 0.274 e. The number of amides is 2. The minimum Gasteiger partial charge on any atom is -0.274 e. The molecule has 0 aromatic heterocycles. The zero-order valence-corrected chi connectivity index (χ0v) is 18.5. The number of hydrogen-bond acceptors (Lipinski definition) is 3. The molecule has 1 heterocycles. The molecule has 0 bridgehead atoms. The number of nitrogens with zero attached hydrogens (tertiary/aromatic N) is 1. The van der Waals surface area contributed by atoms with E-state index in [1.54, 1.807) is 18.2 Å². The van der Waals surface area contributed by atoms with E-state index in [0.29, 0.717) is 32.6 Å². The van der Waals surface area contributed by atoms with E-state index in [1.807, 2.05) is 13.8 Å². The van der Waals surface area contributed by atoms with E-state index >= 15 is 0 Å². The molecule has 2 amide bonds. The molecule has 3 nitrogen and oxygen atoms in total. The van der Waals surface area contributed by atoms with Crippen molar-refractivity contribution in [1.29, 1.82) is 0 Å². The minimum absolute atomic E-state index is 0.187. The summed E-state index contributed by atoms with van der Waals surface area (Å²) in [6.07, 6.45) is 6.65. The van der Waals surface area contributed by atoms with E-state index in [1.165, 1.54) is 35.9 Å². The van der Waals surface area contributed by atoms with Crippen LogP contribution in [0.2, 0.25) is 10.0 Å². The van der Waals surface area contributed by atoms with Gasteiger partial charge in [-0.15, -0.1) is 11.8 Å². The van der Waals surface area contributed by atoms with Gasteiger partial charge >= 0.3 is 0 Å². The number of rotatable bonds is 10. The van der Waals surface area contributed by atoms with Gasteiger partial charge in [-0.1, -0.05) is 82.1 Å². The lowest BCUT2D eigenvalue weighted by atomic mass is 10.1. The van der Waals surface area contributed by atoms with Gasteiger partial charge in [0.15, 0.2) is 0 Å². The number of thioether (sulfide) groups is 1. The molecule has 2 rings (SSSR count). The van der Waals surface area contributed by atoms with Gasteiger partial charge in [0.2, 0.25) is 0 Å². The molecule has 148 valence electrons. The lowest BCUT2D eigenvalue weighted by Gasteiger charge is -2.15. The summed E-state index contributed by atoms with van der Waals surface area (Å²) in [6.45, 7) is 6.66. The number of halogens is 2. The van der Waals surface area contributed by atoms with Crippen molar-refractivity contribution < 1.29 is 9.59 Å². The summed E-state index contributed by atoms with van der Waals surface area (Å²) in [5, 5.41) is 1.08. The molecule has 0 unspecified atom stereocenters. The maximum atomic E-state index is 13.1. The fourth-order valence-electron chi connectivity index (χ4n) is 3.08. The molecular weight excluding hydrogens is 401 g/mol. The topological polar surface area (TPSA) is 37.4 Å². The highest BCUT2D eigenvalue weighted by atomic mass is 35.5. The van der Waals surface area contributed by atoms with Gasteiger partial charge in [-0.25, -0.2) is 0 Å². The van der Waals surface area contributed by atoms with Crippen LogP contribution in [0.25, 0.3) is 5.57 Å². The van der Waals surface area contributed by atoms with Crippen LogP contribution in [0.5, 0.6) is 0 Å².